The summed E-state index contributed by atoms with van der Waals surface area (Å²) < 4.78 is 7.09. The molecule has 4 rings (SSSR count). The molecule has 0 spiro atoms. The van der Waals surface area contributed by atoms with E-state index in [9.17, 15) is 10.1 Å². The normalized spacial score (nSPS) is 11.0. The van der Waals surface area contributed by atoms with Gasteiger partial charge in [-0.2, -0.15) is 10.4 Å². The summed E-state index contributed by atoms with van der Waals surface area (Å²) in [4.78, 5) is 12.8. The number of aryl methyl sites for hydroxylation is 1. The number of nitriles is 1. The highest BCUT2D eigenvalue weighted by molar-refractivity contribution is 6.10. The lowest BCUT2D eigenvalue weighted by Crippen LogP contribution is -2.13. The Bertz CT molecular complexity index is 1350. The van der Waals surface area contributed by atoms with Gasteiger partial charge in [0, 0.05) is 23.0 Å². The van der Waals surface area contributed by atoms with Gasteiger partial charge in [0.05, 0.1) is 12.8 Å². The van der Waals surface area contributed by atoms with Gasteiger partial charge < -0.3 is 10.1 Å². The van der Waals surface area contributed by atoms with E-state index in [0.29, 0.717) is 22.7 Å². The highest BCUT2D eigenvalue weighted by atomic mass is 16.5. The molecule has 0 aliphatic carbocycles. The van der Waals surface area contributed by atoms with Gasteiger partial charge in [0.2, 0.25) is 0 Å². The van der Waals surface area contributed by atoms with Gasteiger partial charge in [-0.25, -0.2) is 4.68 Å². The standard InChI is InChI=1S/C27H22N4O2/c1-19-11-13-23(14-12-19)29-27(32)21(17-28)15-22-18-31(24-8-4-3-5-9-24)30-26(22)20-7-6-10-25(16-20)33-2/h3-16,18H,1-2H3,(H,29,32). The fourth-order valence-electron chi connectivity index (χ4n) is 3.34. The smallest absolute Gasteiger partial charge is 0.266 e. The van der Waals surface area contributed by atoms with Crippen LogP contribution in [0.1, 0.15) is 11.1 Å². The molecule has 1 heterocycles. The molecule has 0 unspecified atom stereocenters. The van der Waals surface area contributed by atoms with Crippen LogP contribution in [0.25, 0.3) is 23.0 Å². The summed E-state index contributed by atoms with van der Waals surface area (Å²) in [5, 5.41) is 17.2. The molecule has 1 amide bonds. The number of para-hydroxylation sites is 1. The Morgan fingerprint density at radius 3 is 2.52 bits per heavy atom. The molecular formula is C27H22N4O2. The molecular weight excluding hydrogens is 412 g/mol. The second-order valence-corrected chi connectivity index (χ2v) is 7.44. The van der Waals surface area contributed by atoms with E-state index in [1.807, 2.05) is 79.7 Å². The van der Waals surface area contributed by atoms with Crippen LogP contribution in [0, 0.1) is 18.3 Å². The van der Waals surface area contributed by atoms with Crippen LogP contribution in [0.2, 0.25) is 0 Å². The van der Waals surface area contributed by atoms with E-state index in [0.717, 1.165) is 16.8 Å². The second-order valence-electron chi connectivity index (χ2n) is 7.44. The third-order valence-electron chi connectivity index (χ3n) is 5.08. The summed E-state index contributed by atoms with van der Waals surface area (Å²) in [6, 6.07) is 26.6. The Kier molecular flexibility index (Phi) is 6.33. The van der Waals surface area contributed by atoms with Crippen molar-refractivity contribution < 1.29 is 9.53 Å². The molecule has 0 fully saturated rings. The lowest BCUT2D eigenvalue weighted by atomic mass is 10.1. The van der Waals surface area contributed by atoms with E-state index in [1.165, 1.54) is 0 Å². The quantitative estimate of drug-likeness (QED) is 0.325. The predicted octanol–water partition coefficient (Wildman–Crippen LogP) is 5.40. The van der Waals surface area contributed by atoms with Crippen LogP contribution in [0.5, 0.6) is 5.75 Å². The number of hydrogen-bond acceptors (Lipinski definition) is 4. The SMILES string of the molecule is COc1cccc(-c2nn(-c3ccccc3)cc2C=C(C#N)C(=O)Nc2ccc(C)cc2)c1. The van der Waals surface area contributed by atoms with E-state index < -0.39 is 5.91 Å². The van der Waals surface area contributed by atoms with Gasteiger partial charge in [0.25, 0.3) is 5.91 Å². The first-order valence-corrected chi connectivity index (χ1v) is 10.4. The Morgan fingerprint density at radius 2 is 1.82 bits per heavy atom. The Hall–Kier alpha value is -4.63. The minimum Gasteiger partial charge on any atom is -0.497 e. The average molecular weight is 434 g/mol. The van der Waals surface area contributed by atoms with Crippen LogP contribution < -0.4 is 10.1 Å². The molecule has 0 bridgehead atoms. The van der Waals surface area contributed by atoms with Gasteiger partial charge in [-0.3, -0.25) is 4.79 Å². The minimum atomic E-state index is -0.481. The molecule has 33 heavy (non-hydrogen) atoms. The number of nitrogens with zero attached hydrogens (tertiary/aromatic N) is 3. The van der Waals surface area contributed by atoms with Crippen LogP contribution in [0.15, 0.2) is 90.6 Å². The molecule has 0 saturated carbocycles. The van der Waals surface area contributed by atoms with Gasteiger partial charge in [0.1, 0.15) is 23.1 Å². The zero-order chi connectivity index (χ0) is 23.2. The zero-order valence-electron chi connectivity index (χ0n) is 18.3. The monoisotopic (exact) mass is 434 g/mol. The molecule has 0 aliphatic heterocycles. The molecule has 0 aliphatic rings. The molecule has 0 radical (unpaired) electrons. The van der Waals surface area contributed by atoms with Gasteiger partial charge in [-0.15, -0.1) is 0 Å². The predicted molar refractivity (Wildman–Crippen MR) is 129 cm³/mol. The van der Waals surface area contributed by atoms with Crippen molar-refractivity contribution in [2.75, 3.05) is 12.4 Å². The van der Waals surface area contributed by atoms with Crippen LogP contribution in [0.4, 0.5) is 5.69 Å². The maximum Gasteiger partial charge on any atom is 0.266 e. The minimum absolute atomic E-state index is 0.0210. The highest BCUT2D eigenvalue weighted by Crippen LogP contribution is 2.28. The Labute approximate surface area is 192 Å². The van der Waals surface area contributed by atoms with Gasteiger partial charge >= 0.3 is 0 Å². The number of methoxy groups -OCH3 is 1. The van der Waals surface area contributed by atoms with Crippen LogP contribution in [-0.2, 0) is 4.79 Å². The summed E-state index contributed by atoms with van der Waals surface area (Å²) in [5.41, 5.74) is 4.64. The van der Waals surface area contributed by atoms with E-state index in [-0.39, 0.29) is 5.57 Å². The van der Waals surface area contributed by atoms with Crippen molar-refractivity contribution in [3.05, 3.63) is 102 Å². The van der Waals surface area contributed by atoms with Gasteiger partial charge in [0.15, 0.2) is 0 Å². The van der Waals surface area contributed by atoms with Crippen molar-refractivity contribution >= 4 is 17.7 Å². The number of anilines is 1. The molecule has 162 valence electrons. The molecule has 0 saturated heterocycles. The Morgan fingerprint density at radius 1 is 1.06 bits per heavy atom. The number of nitrogens with one attached hydrogen (secondary N) is 1. The third-order valence-corrected chi connectivity index (χ3v) is 5.08. The maximum absolute atomic E-state index is 12.8. The van der Waals surface area contributed by atoms with Crippen LogP contribution in [-0.4, -0.2) is 22.8 Å². The molecule has 0 atom stereocenters. The molecule has 3 aromatic carbocycles. The lowest BCUT2D eigenvalue weighted by molar-refractivity contribution is -0.112. The first-order valence-electron chi connectivity index (χ1n) is 10.4. The maximum atomic E-state index is 12.8. The summed E-state index contributed by atoms with van der Waals surface area (Å²) in [6.07, 6.45) is 3.37. The first kappa shape index (κ1) is 21.6. The lowest BCUT2D eigenvalue weighted by Gasteiger charge is -2.05. The number of rotatable bonds is 6. The fraction of sp³-hybridized carbons (Fsp3) is 0.0741. The van der Waals surface area contributed by atoms with E-state index in [2.05, 4.69) is 5.32 Å². The summed E-state index contributed by atoms with van der Waals surface area (Å²) in [5.74, 6) is 0.208. The third kappa shape index (κ3) is 5.00. The van der Waals surface area contributed by atoms with Crippen molar-refractivity contribution in [1.29, 1.82) is 5.26 Å². The number of aromatic nitrogens is 2. The average Bonchev–Trinajstić information content (AvgIpc) is 3.28. The highest BCUT2D eigenvalue weighted by Gasteiger charge is 2.16. The summed E-state index contributed by atoms with van der Waals surface area (Å²) in [6.45, 7) is 1.97. The number of ether oxygens (including phenoxy) is 1. The van der Waals surface area contributed by atoms with E-state index >= 15 is 0 Å². The largest absolute Gasteiger partial charge is 0.497 e. The van der Waals surface area contributed by atoms with E-state index in [4.69, 9.17) is 9.84 Å². The molecule has 1 N–H and O–H groups in total. The van der Waals surface area contributed by atoms with Crippen LogP contribution in [0.3, 0.4) is 0 Å². The Balaban J connectivity index is 1.76. The molecule has 4 aromatic rings. The zero-order valence-corrected chi connectivity index (χ0v) is 18.3. The first-order chi connectivity index (χ1) is 16.1. The fourth-order valence-corrected chi connectivity index (χ4v) is 3.34. The van der Waals surface area contributed by atoms with Crippen molar-refractivity contribution in [2.45, 2.75) is 6.92 Å². The van der Waals surface area contributed by atoms with Crippen molar-refractivity contribution in [3.8, 4) is 28.8 Å². The van der Waals surface area contributed by atoms with Crippen molar-refractivity contribution in [1.82, 2.24) is 9.78 Å². The van der Waals surface area contributed by atoms with Crippen molar-refractivity contribution in [3.63, 3.8) is 0 Å². The second kappa shape index (κ2) is 9.67. The topological polar surface area (TPSA) is 79.9 Å². The summed E-state index contributed by atoms with van der Waals surface area (Å²) in [7, 11) is 1.60. The number of carbonyl (C=O) groups is 1. The number of carbonyl (C=O) groups excluding carboxylic acids is 1. The van der Waals surface area contributed by atoms with Gasteiger partial charge in [-0.05, 0) is 49.4 Å². The molecule has 6 heteroatoms. The van der Waals surface area contributed by atoms with Gasteiger partial charge in [-0.1, -0.05) is 48.0 Å². The molecule has 1 aromatic heterocycles. The van der Waals surface area contributed by atoms with Crippen molar-refractivity contribution in [2.24, 2.45) is 0 Å². The number of amides is 1. The van der Waals surface area contributed by atoms with Crippen LogP contribution >= 0.6 is 0 Å². The van der Waals surface area contributed by atoms with E-state index in [1.54, 1.807) is 36.2 Å². The number of benzene rings is 3. The summed E-state index contributed by atoms with van der Waals surface area (Å²) >= 11 is 0. The molecule has 6 nitrogen and oxygen atoms in total. The number of hydrogen-bond donors (Lipinski definition) is 1.